The van der Waals surface area contributed by atoms with Gasteiger partial charge in [0.05, 0.1) is 16.2 Å². The third-order valence-electron chi connectivity index (χ3n) is 3.54. The molecule has 2 heterocycles. The molecule has 122 valence electrons. The summed E-state index contributed by atoms with van der Waals surface area (Å²) < 4.78 is 1.85. The van der Waals surface area contributed by atoms with E-state index in [4.69, 9.17) is 0 Å². The van der Waals surface area contributed by atoms with Crippen LogP contribution in [0.5, 0.6) is 0 Å². The van der Waals surface area contributed by atoms with E-state index in [9.17, 15) is 9.90 Å². The minimum atomic E-state index is -0.896. The van der Waals surface area contributed by atoms with Crippen LogP contribution in [-0.2, 0) is 7.05 Å². The zero-order valence-corrected chi connectivity index (χ0v) is 15.0. The van der Waals surface area contributed by atoms with Gasteiger partial charge in [-0.3, -0.25) is 9.48 Å². The van der Waals surface area contributed by atoms with Crippen molar-refractivity contribution in [1.82, 2.24) is 14.7 Å². The highest BCUT2D eigenvalue weighted by molar-refractivity contribution is 7.20. The molecule has 0 spiro atoms. The van der Waals surface area contributed by atoms with Crippen LogP contribution in [0.25, 0.3) is 10.2 Å². The number of rotatable bonds is 5. The zero-order chi connectivity index (χ0) is 16.7. The van der Waals surface area contributed by atoms with Crippen LogP contribution in [0.1, 0.15) is 55.9 Å². The van der Waals surface area contributed by atoms with Gasteiger partial charge in [-0.2, -0.15) is 5.10 Å². The summed E-state index contributed by atoms with van der Waals surface area (Å²) >= 11 is 1.47. The number of aromatic nitrogens is 2. The summed E-state index contributed by atoms with van der Waals surface area (Å²) in [6.45, 7) is 10.5. The lowest BCUT2D eigenvalue weighted by Gasteiger charge is -2.27. The second kappa shape index (κ2) is 6.01. The second-order valence-electron chi connectivity index (χ2n) is 6.62. The van der Waals surface area contributed by atoms with Crippen LogP contribution < -0.4 is 0 Å². The summed E-state index contributed by atoms with van der Waals surface area (Å²) in [5.41, 5.74) is 0.130. The molecule has 2 aromatic heterocycles. The van der Waals surface area contributed by atoms with E-state index < -0.39 is 5.60 Å². The fourth-order valence-corrected chi connectivity index (χ4v) is 3.60. The average Bonchev–Trinajstić information content (AvgIpc) is 2.95. The van der Waals surface area contributed by atoms with E-state index in [2.05, 4.69) is 18.9 Å². The maximum Gasteiger partial charge on any atom is 0.264 e. The van der Waals surface area contributed by atoms with Gasteiger partial charge < -0.3 is 10.0 Å². The summed E-state index contributed by atoms with van der Waals surface area (Å²) in [4.78, 5) is 16.1. The Kier molecular flexibility index (Phi) is 4.63. The van der Waals surface area contributed by atoms with Crippen LogP contribution in [-0.4, -0.2) is 44.4 Å². The third kappa shape index (κ3) is 3.33. The standard InChI is InChI=1S/C16H25N3O2S/c1-7-19(9-16(4,5)21)14(20)12-8-11-13(10(2)3)17-18(6)15(11)22-12/h8,10,21H,7,9H2,1-6H3. The largest absolute Gasteiger partial charge is 0.389 e. The van der Waals surface area contributed by atoms with Crippen molar-refractivity contribution in [3.05, 3.63) is 16.6 Å². The maximum atomic E-state index is 12.7. The summed E-state index contributed by atoms with van der Waals surface area (Å²) in [6.07, 6.45) is 0. The van der Waals surface area contributed by atoms with Crippen LogP contribution in [0.2, 0.25) is 0 Å². The van der Waals surface area contributed by atoms with Crippen molar-refractivity contribution >= 4 is 27.5 Å². The lowest BCUT2D eigenvalue weighted by Crippen LogP contribution is -2.41. The second-order valence-corrected chi connectivity index (χ2v) is 7.66. The van der Waals surface area contributed by atoms with Crippen LogP contribution in [0.15, 0.2) is 6.07 Å². The minimum Gasteiger partial charge on any atom is -0.389 e. The monoisotopic (exact) mass is 323 g/mol. The van der Waals surface area contributed by atoms with Crippen LogP contribution in [0, 0.1) is 0 Å². The molecular weight excluding hydrogens is 298 g/mol. The molecule has 0 aliphatic rings. The average molecular weight is 323 g/mol. The molecule has 22 heavy (non-hydrogen) atoms. The van der Waals surface area contributed by atoms with Gasteiger partial charge in [-0.15, -0.1) is 11.3 Å². The third-order valence-corrected chi connectivity index (χ3v) is 4.73. The maximum absolute atomic E-state index is 12.7. The lowest BCUT2D eigenvalue weighted by molar-refractivity contribution is 0.0317. The van der Waals surface area contributed by atoms with E-state index in [1.807, 2.05) is 24.7 Å². The predicted molar refractivity (Wildman–Crippen MR) is 90.6 cm³/mol. The number of carbonyl (C=O) groups is 1. The molecule has 0 aromatic carbocycles. The van der Waals surface area contributed by atoms with Crippen molar-refractivity contribution in [3.8, 4) is 0 Å². The fraction of sp³-hybridized carbons (Fsp3) is 0.625. The SMILES string of the molecule is CCN(CC(C)(C)O)C(=O)c1cc2c(C(C)C)nn(C)c2s1. The van der Waals surface area contributed by atoms with E-state index in [0.29, 0.717) is 23.9 Å². The van der Waals surface area contributed by atoms with Crippen LogP contribution in [0.4, 0.5) is 0 Å². The Balaban J connectivity index is 2.38. The van der Waals surface area contributed by atoms with Crippen molar-refractivity contribution in [3.63, 3.8) is 0 Å². The van der Waals surface area contributed by atoms with Crippen LogP contribution >= 0.6 is 11.3 Å². The van der Waals surface area contributed by atoms with Crippen molar-refractivity contribution < 1.29 is 9.90 Å². The molecule has 5 nitrogen and oxygen atoms in total. The number of thiophene rings is 1. The highest BCUT2D eigenvalue weighted by Crippen LogP contribution is 2.32. The van der Waals surface area contributed by atoms with Crippen LogP contribution in [0.3, 0.4) is 0 Å². The summed E-state index contributed by atoms with van der Waals surface area (Å²) in [5, 5.41) is 15.6. The molecule has 2 rings (SSSR count). The lowest BCUT2D eigenvalue weighted by atomic mass is 10.1. The Hall–Kier alpha value is -1.40. The number of aryl methyl sites for hydroxylation is 1. The van der Waals surface area contributed by atoms with Gasteiger partial charge in [0, 0.05) is 25.5 Å². The van der Waals surface area contributed by atoms with E-state index in [-0.39, 0.29) is 5.91 Å². The summed E-state index contributed by atoms with van der Waals surface area (Å²) in [7, 11) is 1.91. The predicted octanol–water partition coefficient (Wildman–Crippen LogP) is 2.99. The van der Waals surface area contributed by atoms with Gasteiger partial charge in [0.25, 0.3) is 5.91 Å². The number of nitrogens with zero attached hydrogens (tertiary/aromatic N) is 3. The summed E-state index contributed by atoms with van der Waals surface area (Å²) in [5.74, 6) is 0.292. The number of carbonyl (C=O) groups excluding carboxylic acids is 1. The van der Waals surface area contributed by atoms with Gasteiger partial charge in [-0.1, -0.05) is 13.8 Å². The number of aliphatic hydroxyl groups is 1. The van der Waals surface area contributed by atoms with Gasteiger partial charge in [0.2, 0.25) is 0 Å². The zero-order valence-electron chi connectivity index (χ0n) is 14.2. The first-order valence-electron chi connectivity index (χ1n) is 7.62. The number of amides is 1. The first-order chi connectivity index (χ1) is 10.1. The van der Waals surface area contributed by atoms with Crippen molar-refractivity contribution in [2.24, 2.45) is 7.05 Å². The Morgan fingerprint density at radius 3 is 2.64 bits per heavy atom. The van der Waals surface area contributed by atoms with E-state index in [1.54, 1.807) is 18.7 Å². The molecule has 6 heteroatoms. The topological polar surface area (TPSA) is 58.4 Å². The Morgan fingerprint density at radius 1 is 1.50 bits per heavy atom. The molecular formula is C16H25N3O2S. The van der Waals surface area contributed by atoms with Gasteiger partial charge in [0.1, 0.15) is 4.83 Å². The van der Waals surface area contributed by atoms with Gasteiger partial charge in [0.15, 0.2) is 0 Å². The molecule has 0 saturated carbocycles. The van der Waals surface area contributed by atoms with Crippen molar-refractivity contribution in [2.45, 2.75) is 46.1 Å². The van der Waals surface area contributed by atoms with E-state index in [0.717, 1.165) is 15.9 Å². The molecule has 0 unspecified atom stereocenters. The molecule has 2 aromatic rings. The first-order valence-corrected chi connectivity index (χ1v) is 8.43. The van der Waals surface area contributed by atoms with Crippen molar-refractivity contribution in [1.29, 1.82) is 0 Å². The highest BCUT2D eigenvalue weighted by Gasteiger charge is 2.25. The summed E-state index contributed by atoms with van der Waals surface area (Å²) in [6, 6.07) is 1.94. The van der Waals surface area contributed by atoms with E-state index in [1.165, 1.54) is 11.3 Å². The minimum absolute atomic E-state index is 0.0273. The first kappa shape index (κ1) is 17.0. The Morgan fingerprint density at radius 2 is 2.14 bits per heavy atom. The van der Waals surface area contributed by atoms with E-state index >= 15 is 0 Å². The molecule has 0 fully saturated rings. The number of hydrogen-bond donors (Lipinski definition) is 1. The Labute approximate surface area is 135 Å². The highest BCUT2D eigenvalue weighted by atomic mass is 32.1. The number of likely N-dealkylation sites (N-methyl/N-ethyl adjacent to an activating group) is 1. The smallest absolute Gasteiger partial charge is 0.264 e. The molecule has 1 amide bonds. The van der Waals surface area contributed by atoms with Gasteiger partial charge >= 0.3 is 0 Å². The molecule has 0 atom stereocenters. The molecule has 0 saturated heterocycles. The fourth-order valence-electron chi connectivity index (χ4n) is 2.55. The quantitative estimate of drug-likeness (QED) is 0.920. The van der Waals surface area contributed by atoms with Crippen molar-refractivity contribution in [2.75, 3.05) is 13.1 Å². The molecule has 0 aliphatic heterocycles. The normalized spacial score (nSPS) is 12.4. The molecule has 0 radical (unpaired) electrons. The molecule has 0 bridgehead atoms. The van der Waals surface area contributed by atoms with Gasteiger partial charge in [-0.05, 0) is 32.8 Å². The molecule has 1 N–H and O–H groups in total. The number of fused-ring (bicyclic) bond motifs is 1. The Bertz CT molecular complexity index is 679. The van der Waals surface area contributed by atoms with Gasteiger partial charge in [-0.25, -0.2) is 0 Å². The number of hydrogen-bond acceptors (Lipinski definition) is 4. The molecule has 0 aliphatic carbocycles.